The largest absolute Gasteiger partial charge is 0.501 e. The maximum Gasteiger partial charge on any atom is 0.324 e. The van der Waals surface area contributed by atoms with E-state index in [-0.39, 0.29) is 10.6 Å². The lowest BCUT2D eigenvalue weighted by molar-refractivity contribution is -0.386. The van der Waals surface area contributed by atoms with E-state index >= 15 is 0 Å². The average Bonchev–Trinajstić information content (AvgIpc) is 2.42. The summed E-state index contributed by atoms with van der Waals surface area (Å²) in [6.45, 7) is 0. The molecule has 0 atom stereocenters. The summed E-state index contributed by atoms with van der Waals surface area (Å²) in [7, 11) is 0. The third-order valence-electron chi connectivity index (χ3n) is 2.56. The Kier molecular flexibility index (Phi) is 3.86. The van der Waals surface area contributed by atoms with Gasteiger partial charge in [-0.05, 0) is 24.3 Å². The van der Waals surface area contributed by atoms with Crippen molar-refractivity contribution in [1.82, 2.24) is 0 Å². The molecule has 7 heteroatoms. The number of nitro benzene ring substituents is 1. The molecule has 0 saturated heterocycles. The second-order valence-corrected chi connectivity index (χ2v) is 4.28. The molecule has 1 amide bonds. The number of halogens is 1. The van der Waals surface area contributed by atoms with Crippen LogP contribution in [0.3, 0.4) is 0 Å². The molecule has 0 saturated carbocycles. The minimum absolute atomic E-state index is 0.187. The number of nitrogens with one attached hydrogen (secondary N) is 1. The minimum atomic E-state index is -0.846. The zero-order valence-electron chi connectivity index (χ0n) is 10.0. The molecule has 6 nitrogen and oxygen atoms in total. The number of hydrogen-bond donors (Lipinski definition) is 2. The highest BCUT2D eigenvalue weighted by atomic mass is 35.5. The second-order valence-electron chi connectivity index (χ2n) is 3.87. The Balaban J connectivity index is 2.40. The molecule has 0 unspecified atom stereocenters. The molecule has 2 aromatic carbocycles. The van der Waals surface area contributed by atoms with Gasteiger partial charge in [-0.1, -0.05) is 29.8 Å². The van der Waals surface area contributed by atoms with Crippen LogP contribution < -0.4 is 5.32 Å². The fraction of sp³-hybridized carbons (Fsp3) is 0. The first-order chi connectivity index (χ1) is 9.50. The van der Waals surface area contributed by atoms with Gasteiger partial charge in [0, 0.05) is 5.69 Å². The molecule has 0 aromatic heterocycles. The summed E-state index contributed by atoms with van der Waals surface area (Å²) in [5, 5.41) is 22.9. The van der Waals surface area contributed by atoms with Gasteiger partial charge in [0.05, 0.1) is 9.95 Å². The van der Waals surface area contributed by atoms with Crippen LogP contribution in [-0.4, -0.2) is 15.9 Å². The third kappa shape index (κ3) is 2.70. The Morgan fingerprint density at radius 2 is 1.85 bits per heavy atom. The number of benzene rings is 2. The topological polar surface area (TPSA) is 92.5 Å². The van der Waals surface area contributed by atoms with E-state index in [0.29, 0.717) is 5.69 Å². The van der Waals surface area contributed by atoms with Crippen molar-refractivity contribution in [3.8, 4) is 5.75 Å². The number of rotatable bonds is 3. The predicted octanol–water partition coefficient (Wildman–Crippen LogP) is 3.21. The lowest BCUT2D eigenvalue weighted by atomic mass is 10.1. The highest BCUT2D eigenvalue weighted by molar-refractivity contribution is 6.32. The van der Waals surface area contributed by atoms with E-state index in [1.165, 1.54) is 12.1 Å². The summed E-state index contributed by atoms with van der Waals surface area (Å²) in [6.07, 6.45) is 0. The van der Waals surface area contributed by atoms with Crippen molar-refractivity contribution in [3.05, 3.63) is 63.2 Å². The van der Waals surface area contributed by atoms with Crippen molar-refractivity contribution in [1.29, 1.82) is 0 Å². The Hall–Kier alpha value is -2.60. The van der Waals surface area contributed by atoms with Crippen molar-refractivity contribution >= 4 is 28.9 Å². The summed E-state index contributed by atoms with van der Waals surface area (Å²) in [4.78, 5) is 22.1. The molecular weight excluding hydrogens is 284 g/mol. The van der Waals surface area contributed by atoms with Gasteiger partial charge in [-0.3, -0.25) is 14.9 Å². The van der Waals surface area contributed by atoms with Crippen molar-refractivity contribution in [2.75, 3.05) is 5.32 Å². The molecule has 20 heavy (non-hydrogen) atoms. The summed E-state index contributed by atoms with van der Waals surface area (Å²) in [6, 6.07) is 10.9. The highest BCUT2D eigenvalue weighted by Gasteiger charge is 2.26. The molecule has 2 N–H and O–H groups in total. The Labute approximate surface area is 118 Å². The zero-order valence-corrected chi connectivity index (χ0v) is 10.8. The van der Waals surface area contributed by atoms with Gasteiger partial charge in [-0.2, -0.15) is 0 Å². The van der Waals surface area contributed by atoms with Gasteiger partial charge < -0.3 is 10.4 Å². The predicted molar refractivity (Wildman–Crippen MR) is 74.2 cm³/mol. The Morgan fingerprint density at radius 1 is 1.20 bits per heavy atom. The summed E-state index contributed by atoms with van der Waals surface area (Å²) in [5.41, 5.74) is -0.493. The number of phenolic OH excluding ortho intramolecular Hbond substituents is 1. The molecule has 102 valence electrons. The maximum absolute atomic E-state index is 12.0. The number of carbonyl (C=O) groups excluding carboxylic acids is 1. The highest BCUT2D eigenvalue weighted by Crippen LogP contribution is 2.36. The van der Waals surface area contributed by atoms with Gasteiger partial charge in [0.25, 0.3) is 5.91 Å². The number of hydrogen-bond acceptors (Lipinski definition) is 4. The van der Waals surface area contributed by atoms with E-state index < -0.39 is 22.3 Å². The van der Waals surface area contributed by atoms with E-state index in [2.05, 4.69) is 5.32 Å². The van der Waals surface area contributed by atoms with Crippen molar-refractivity contribution in [3.63, 3.8) is 0 Å². The number of aromatic hydroxyl groups is 1. The number of anilines is 1. The summed E-state index contributed by atoms with van der Waals surface area (Å²) < 4.78 is 0. The van der Waals surface area contributed by atoms with Gasteiger partial charge in [-0.15, -0.1) is 0 Å². The van der Waals surface area contributed by atoms with Crippen LogP contribution in [0.2, 0.25) is 5.02 Å². The Morgan fingerprint density at radius 3 is 2.45 bits per heavy atom. The van der Waals surface area contributed by atoms with Gasteiger partial charge in [-0.25, -0.2) is 0 Å². The maximum atomic E-state index is 12.0. The zero-order chi connectivity index (χ0) is 14.7. The van der Waals surface area contributed by atoms with Crippen LogP contribution in [0.1, 0.15) is 10.4 Å². The first-order valence-corrected chi connectivity index (χ1v) is 5.90. The number of para-hydroxylation sites is 1. The second kappa shape index (κ2) is 5.58. The average molecular weight is 293 g/mol. The third-order valence-corrected chi connectivity index (χ3v) is 2.87. The van der Waals surface area contributed by atoms with Crippen LogP contribution in [0.4, 0.5) is 11.4 Å². The van der Waals surface area contributed by atoms with Crippen molar-refractivity contribution in [2.45, 2.75) is 0 Å². The lowest BCUT2D eigenvalue weighted by Gasteiger charge is -2.07. The summed E-state index contributed by atoms with van der Waals surface area (Å²) in [5.74, 6) is -1.42. The van der Waals surface area contributed by atoms with Gasteiger partial charge in [0.2, 0.25) is 5.75 Å². The number of amides is 1. The normalized spacial score (nSPS) is 10.1. The fourth-order valence-corrected chi connectivity index (χ4v) is 1.80. The molecule has 0 spiro atoms. The van der Waals surface area contributed by atoms with Crippen LogP contribution in [-0.2, 0) is 0 Å². The standard InChI is InChI=1S/C13H9ClN2O4/c14-10-7-6-9(11(12(10)17)16(19)20)13(18)15-8-4-2-1-3-5-8/h1-7,17H,(H,15,18). The molecule has 0 heterocycles. The van der Waals surface area contributed by atoms with Crippen molar-refractivity contribution < 1.29 is 14.8 Å². The van der Waals surface area contributed by atoms with E-state index in [9.17, 15) is 20.0 Å². The van der Waals surface area contributed by atoms with Crippen LogP contribution in [0.25, 0.3) is 0 Å². The lowest BCUT2D eigenvalue weighted by Crippen LogP contribution is -2.14. The fourth-order valence-electron chi connectivity index (χ4n) is 1.64. The van der Waals surface area contributed by atoms with Crippen LogP contribution in [0.5, 0.6) is 5.75 Å². The van der Waals surface area contributed by atoms with E-state index in [1.807, 2.05) is 0 Å². The van der Waals surface area contributed by atoms with Gasteiger partial charge in [0.15, 0.2) is 0 Å². The van der Waals surface area contributed by atoms with Crippen LogP contribution >= 0.6 is 11.6 Å². The monoisotopic (exact) mass is 292 g/mol. The molecule has 0 radical (unpaired) electrons. The van der Waals surface area contributed by atoms with E-state index in [4.69, 9.17) is 11.6 Å². The number of nitro groups is 1. The molecule has 0 aliphatic rings. The van der Waals surface area contributed by atoms with E-state index in [0.717, 1.165) is 0 Å². The molecule has 0 fully saturated rings. The number of nitrogens with zero attached hydrogens (tertiary/aromatic N) is 1. The smallest absolute Gasteiger partial charge is 0.324 e. The van der Waals surface area contributed by atoms with Crippen molar-refractivity contribution in [2.24, 2.45) is 0 Å². The number of phenols is 1. The van der Waals surface area contributed by atoms with Crippen LogP contribution in [0, 0.1) is 10.1 Å². The molecule has 2 rings (SSSR count). The first-order valence-electron chi connectivity index (χ1n) is 5.53. The number of carbonyl (C=O) groups is 1. The van der Waals surface area contributed by atoms with E-state index in [1.54, 1.807) is 30.3 Å². The van der Waals surface area contributed by atoms with Gasteiger partial charge in [0.1, 0.15) is 5.56 Å². The first kappa shape index (κ1) is 13.8. The summed E-state index contributed by atoms with van der Waals surface area (Å²) >= 11 is 5.61. The molecule has 0 aliphatic carbocycles. The molecule has 2 aromatic rings. The van der Waals surface area contributed by atoms with Gasteiger partial charge >= 0.3 is 5.69 Å². The molecule has 0 bridgehead atoms. The minimum Gasteiger partial charge on any atom is -0.501 e. The molecule has 0 aliphatic heterocycles. The quantitative estimate of drug-likeness (QED) is 0.671. The SMILES string of the molecule is O=C(Nc1ccccc1)c1ccc(Cl)c(O)c1[N+](=O)[O-]. The Bertz CT molecular complexity index is 674. The molecular formula is C13H9ClN2O4. The van der Waals surface area contributed by atoms with Crippen LogP contribution in [0.15, 0.2) is 42.5 Å².